The molecule has 12 heteroatoms. The lowest BCUT2D eigenvalue weighted by molar-refractivity contribution is 0.169. The molecule has 0 heterocycles. The zero-order chi connectivity index (χ0) is 17.8. The SMILES string of the molecule is CN.CNC(=O)NCNC(=O)OC.COC(=O)NCN=C=O. The minimum absolute atomic E-state index is 0.0480. The third-order valence-corrected chi connectivity index (χ3v) is 1.45. The van der Waals surface area contributed by atoms with Gasteiger partial charge in [-0.2, -0.15) is 4.99 Å². The first-order valence-electron chi connectivity index (χ1n) is 5.72. The Morgan fingerprint density at radius 3 is 1.95 bits per heavy atom. The molecule has 0 spiro atoms. The largest absolute Gasteiger partial charge is 0.453 e. The Balaban J connectivity index is -0.000000299. The van der Waals surface area contributed by atoms with E-state index < -0.39 is 12.2 Å². The lowest BCUT2D eigenvalue weighted by Crippen LogP contribution is -2.41. The topological polar surface area (TPSA) is 173 Å². The summed E-state index contributed by atoms with van der Waals surface area (Å²) in [4.78, 5) is 43.4. The van der Waals surface area contributed by atoms with Crippen LogP contribution in [-0.4, -0.2) is 65.9 Å². The summed E-state index contributed by atoms with van der Waals surface area (Å²) < 4.78 is 8.40. The number of nitrogens with two attached hydrogens (primary N) is 1. The highest BCUT2D eigenvalue weighted by atomic mass is 16.5. The lowest BCUT2D eigenvalue weighted by Gasteiger charge is -2.04. The molecule has 22 heavy (non-hydrogen) atoms. The van der Waals surface area contributed by atoms with E-state index in [-0.39, 0.29) is 19.4 Å². The Hall–Kier alpha value is -2.85. The number of carbonyl (C=O) groups excluding carboxylic acids is 4. The van der Waals surface area contributed by atoms with Gasteiger partial charge in [-0.3, -0.25) is 0 Å². The third kappa shape index (κ3) is 22.3. The van der Waals surface area contributed by atoms with Crippen LogP contribution in [0, 0.1) is 0 Å². The highest BCUT2D eigenvalue weighted by molar-refractivity contribution is 5.74. The van der Waals surface area contributed by atoms with E-state index in [1.807, 2.05) is 0 Å². The Bertz CT molecular complexity index is 342. The van der Waals surface area contributed by atoms with Crippen molar-refractivity contribution in [3.8, 4) is 0 Å². The molecule has 128 valence electrons. The second kappa shape index (κ2) is 20.5. The highest BCUT2D eigenvalue weighted by Crippen LogP contribution is 1.68. The van der Waals surface area contributed by atoms with Gasteiger partial charge in [-0.25, -0.2) is 19.2 Å². The van der Waals surface area contributed by atoms with Crippen LogP contribution in [0.5, 0.6) is 0 Å². The standard InChI is InChI=1S/C5H11N3O3.C4H6N2O3.CH5N/c1-6-4(9)7-3-8-5(10)11-2;1-9-4(8)6-2-5-3-7;1-2/h3H2,1-2H3,(H,8,10)(H2,6,7,9);2H2,1H3,(H,6,8);2H2,1H3. The molecule has 0 saturated carbocycles. The van der Waals surface area contributed by atoms with Crippen LogP contribution in [0.15, 0.2) is 4.99 Å². The first-order chi connectivity index (χ1) is 10.5. The number of isocyanates is 1. The van der Waals surface area contributed by atoms with Crippen LogP contribution < -0.4 is 27.0 Å². The van der Waals surface area contributed by atoms with Gasteiger partial charge in [-0.05, 0) is 7.05 Å². The number of carbonyl (C=O) groups is 3. The maximum atomic E-state index is 10.5. The zero-order valence-corrected chi connectivity index (χ0v) is 12.9. The van der Waals surface area contributed by atoms with E-state index in [2.05, 4.69) is 41.5 Å². The van der Waals surface area contributed by atoms with Gasteiger partial charge < -0.3 is 36.5 Å². The molecule has 0 fully saturated rings. The molecule has 6 N–H and O–H groups in total. The summed E-state index contributed by atoms with van der Waals surface area (Å²) >= 11 is 0. The van der Waals surface area contributed by atoms with E-state index in [4.69, 9.17) is 0 Å². The van der Waals surface area contributed by atoms with Gasteiger partial charge in [0.1, 0.15) is 6.67 Å². The molecule has 0 atom stereocenters. The summed E-state index contributed by atoms with van der Waals surface area (Å²) in [6, 6.07) is -0.360. The molecule has 4 amide bonds. The molecule has 0 bridgehead atoms. The van der Waals surface area contributed by atoms with Gasteiger partial charge in [0, 0.05) is 7.05 Å². The quantitative estimate of drug-likeness (QED) is 0.236. The third-order valence-electron chi connectivity index (χ3n) is 1.45. The Kier molecular flexibility index (Phi) is 22.5. The minimum Gasteiger partial charge on any atom is -0.453 e. The van der Waals surface area contributed by atoms with Gasteiger partial charge in [-0.15, -0.1) is 0 Å². The highest BCUT2D eigenvalue weighted by Gasteiger charge is 1.97. The average Bonchev–Trinajstić information content (AvgIpc) is 2.56. The van der Waals surface area contributed by atoms with Gasteiger partial charge in [-0.1, -0.05) is 0 Å². The molecule has 0 aliphatic rings. The predicted molar refractivity (Wildman–Crippen MR) is 76.6 cm³/mol. The second-order valence-corrected chi connectivity index (χ2v) is 2.68. The fourth-order valence-corrected chi connectivity index (χ4v) is 0.566. The number of hydrogen-bond donors (Lipinski definition) is 5. The van der Waals surface area contributed by atoms with Gasteiger partial charge in [0.25, 0.3) is 0 Å². The smallest absolute Gasteiger partial charge is 0.408 e. The second-order valence-electron chi connectivity index (χ2n) is 2.68. The van der Waals surface area contributed by atoms with Crippen LogP contribution in [0.25, 0.3) is 0 Å². The van der Waals surface area contributed by atoms with Crippen molar-refractivity contribution >= 4 is 24.3 Å². The van der Waals surface area contributed by atoms with Crippen LogP contribution in [0.3, 0.4) is 0 Å². The summed E-state index contributed by atoms with van der Waals surface area (Å²) in [6.07, 6.45) is 0.0532. The number of methoxy groups -OCH3 is 2. The van der Waals surface area contributed by atoms with E-state index in [0.717, 1.165) is 0 Å². The summed E-state index contributed by atoms with van der Waals surface area (Å²) in [6.45, 7) is -0.0392. The van der Waals surface area contributed by atoms with Gasteiger partial charge >= 0.3 is 18.2 Å². The van der Waals surface area contributed by atoms with Gasteiger partial charge in [0.2, 0.25) is 6.08 Å². The Labute approximate surface area is 127 Å². The molecule has 0 unspecified atom stereocenters. The molecule has 0 aliphatic carbocycles. The fraction of sp³-hybridized carbons (Fsp3) is 0.600. The van der Waals surface area contributed by atoms with E-state index in [0.29, 0.717) is 0 Å². The summed E-state index contributed by atoms with van der Waals surface area (Å²) in [5.74, 6) is 0. The number of aliphatic imine (C=N–C) groups is 1. The summed E-state index contributed by atoms with van der Waals surface area (Å²) in [7, 11) is 5.45. The average molecular weight is 322 g/mol. The Morgan fingerprint density at radius 2 is 1.55 bits per heavy atom. The monoisotopic (exact) mass is 322 g/mol. The Morgan fingerprint density at radius 1 is 1.05 bits per heavy atom. The lowest BCUT2D eigenvalue weighted by atomic mass is 10.9. The van der Waals surface area contributed by atoms with E-state index >= 15 is 0 Å². The number of ether oxygens (including phenoxy) is 2. The number of nitrogens with zero attached hydrogens (tertiary/aromatic N) is 1. The van der Waals surface area contributed by atoms with Crippen molar-refractivity contribution in [2.24, 2.45) is 10.7 Å². The number of nitrogens with one attached hydrogen (secondary N) is 4. The van der Waals surface area contributed by atoms with Crippen molar-refractivity contribution in [1.29, 1.82) is 0 Å². The van der Waals surface area contributed by atoms with Crippen LogP contribution in [-0.2, 0) is 14.3 Å². The van der Waals surface area contributed by atoms with Crippen LogP contribution >= 0.6 is 0 Å². The minimum atomic E-state index is -0.617. The first-order valence-corrected chi connectivity index (χ1v) is 5.72. The molecule has 0 radical (unpaired) electrons. The molecule has 0 aromatic heterocycles. The van der Waals surface area contributed by atoms with Crippen LogP contribution in [0.1, 0.15) is 0 Å². The zero-order valence-electron chi connectivity index (χ0n) is 12.9. The molecular weight excluding hydrogens is 300 g/mol. The van der Waals surface area contributed by atoms with E-state index in [9.17, 15) is 19.2 Å². The van der Waals surface area contributed by atoms with Crippen LogP contribution in [0.4, 0.5) is 14.4 Å². The van der Waals surface area contributed by atoms with Crippen molar-refractivity contribution < 1.29 is 28.7 Å². The molecule has 0 aromatic rings. The molecule has 0 saturated heterocycles. The van der Waals surface area contributed by atoms with Crippen molar-refractivity contribution in [1.82, 2.24) is 21.3 Å². The van der Waals surface area contributed by atoms with Crippen molar-refractivity contribution in [3.05, 3.63) is 0 Å². The molecule has 12 nitrogen and oxygen atoms in total. The van der Waals surface area contributed by atoms with Gasteiger partial charge in [0.05, 0.1) is 20.9 Å². The van der Waals surface area contributed by atoms with Gasteiger partial charge in [0.15, 0.2) is 0 Å². The molecule has 0 rings (SSSR count). The predicted octanol–water partition coefficient (Wildman–Crippen LogP) is -1.56. The summed E-state index contributed by atoms with van der Waals surface area (Å²) in [5, 5.41) is 9.06. The van der Waals surface area contributed by atoms with Crippen molar-refractivity contribution in [2.75, 3.05) is 41.7 Å². The number of urea groups is 1. The first kappa shape index (κ1) is 24.2. The maximum absolute atomic E-state index is 10.5. The van der Waals surface area contributed by atoms with Crippen LogP contribution in [0.2, 0.25) is 0 Å². The fourth-order valence-electron chi connectivity index (χ4n) is 0.566. The van der Waals surface area contributed by atoms with Crippen molar-refractivity contribution in [2.45, 2.75) is 0 Å². The van der Waals surface area contributed by atoms with E-state index in [1.54, 1.807) is 0 Å². The number of alkyl carbamates (subject to hydrolysis) is 2. The molecule has 0 aliphatic heterocycles. The van der Waals surface area contributed by atoms with Crippen molar-refractivity contribution in [3.63, 3.8) is 0 Å². The van der Waals surface area contributed by atoms with E-state index in [1.165, 1.54) is 34.4 Å². The molecule has 0 aromatic carbocycles. The maximum Gasteiger partial charge on any atom is 0.408 e. The normalized spacial score (nSPS) is 7.32. The summed E-state index contributed by atoms with van der Waals surface area (Å²) in [5.41, 5.74) is 4.50. The number of rotatable bonds is 4. The number of hydrogen-bond acceptors (Lipinski definition) is 8. The number of amides is 4. The molecular formula is C10H22N6O6.